The van der Waals surface area contributed by atoms with E-state index in [0.717, 1.165) is 0 Å². The van der Waals surface area contributed by atoms with E-state index < -0.39 is 60.1 Å². The Labute approximate surface area is 157 Å². The Morgan fingerprint density at radius 2 is 1.14 bits per heavy atom. The summed E-state index contributed by atoms with van der Waals surface area (Å²) in [7, 11) is -15.8. The quantitative estimate of drug-likeness (QED) is 0.111. The van der Waals surface area contributed by atoms with Crippen LogP contribution in [-0.2, 0) is 31.8 Å². The van der Waals surface area contributed by atoms with Crippen LogP contribution in [0.4, 0.5) is 0 Å². The van der Waals surface area contributed by atoms with Crippen molar-refractivity contribution in [2.45, 2.75) is 43.0 Å². The number of aliphatic hydroxyl groups excluding tert-OH is 3. The highest BCUT2D eigenvalue weighted by Crippen LogP contribution is 2.50. The standard InChI is InChI=1S/C9H22NO15P3/c10-2-1-3-22-28(20,21)25-7-4(11)5(12)8(23-26(14,15)16)9(6(7)13)24-27(17,18)19/h4-9,11-13H,1-3,10H2,(H,20,21)(H2,14,15,16)(H2,17,18,19)/t4-,5+,6+,7?,8-,9-/m1/s1. The van der Waals surface area contributed by atoms with Crippen molar-refractivity contribution in [2.24, 2.45) is 5.73 Å². The van der Waals surface area contributed by atoms with Gasteiger partial charge in [0.1, 0.15) is 36.6 Å². The predicted molar refractivity (Wildman–Crippen MR) is 86.2 cm³/mol. The maximum Gasteiger partial charge on any atom is 0.472 e. The Kier molecular flexibility index (Phi) is 9.34. The molecule has 19 heteroatoms. The van der Waals surface area contributed by atoms with E-state index in [1.54, 1.807) is 0 Å². The van der Waals surface area contributed by atoms with Crippen molar-refractivity contribution in [3.8, 4) is 0 Å². The van der Waals surface area contributed by atoms with Gasteiger partial charge in [0, 0.05) is 0 Å². The van der Waals surface area contributed by atoms with Crippen LogP contribution in [0.3, 0.4) is 0 Å². The Balaban J connectivity index is 3.13. The van der Waals surface area contributed by atoms with E-state index in [4.69, 9.17) is 25.3 Å². The molecule has 0 aromatic heterocycles. The Morgan fingerprint density at radius 1 is 0.714 bits per heavy atom. The molecule has 0 saturated heterocycles. The zero-order valence-corrected chi connectivity index (χ0v) is 16.6. The number of hydrogen-bond donors (Lipinski definition) is 9. The summed E-state index contributed by atoms with van der Waals surface area (Å²) in [6, 6.07) is 0. The minimum Gasteiger partial charge on any atom is -0.387 e. The summed E-state index contributed by atoms with van der Waals surface area (Å²) in [6.07, 6.45) is -13.9. The highest BCUT2D eigenvalue weighted by Gasteiger charge is 2.56. The molecule has 1 fully saturated rings. The van der Waals surface area contributed by atoms with Gasteiger partial charge in [-0.05, 0) is 13.0 Å². The SMILES string of the molecule is NCCCOP(=O)(O)OC1[C@H](O)[C@H](O)[C@@H](OP(=O)(O)O)[C@H](OP(=O)(O)O)[C@H]1O. The lowest BCUT2D eigenvalue weighted by Gasteiger charge is -2.44. The zero-order valence-electron chi connectivity index (χ0n) is 13.9. The van der Waals surface area contributed by atoms with Gasteiger partial charge in [0.05, 0.1) is 6.61 Å². The molecule has 1 aliphatic rings. The molecule has 7 atom stereocenters. The number of rotatable bonds is 10. The summed E-state index contributed by atoms with van der Waals surface area (Å²) in [5.41, 5.74) is 5.17. The topological polar surface area (TPSA) is 276 Å². The molecule has 1 saturated carbocycles. The van der Waals surface area contributed by atoms with Gasteiger partial charge in [-0.15, -0.1) is 0 Å². The predicted octanol–water partition coefficient (Wildman–Crippen LogP) is -3.11. The molecule has 16 nitrogen and oxygen atoms in total. The van der Waals surface area contributed by atoms with Gasteiger partial charge < -0.3 is 45.5 Å². The maximum absolute atomic E-state index is 11.9. The van der Waals surface area contributed by atoms with Gasteiger partial charge in [0.25, 0.3) is 0 Å². The molecule has 0 aliphatic heterocycles. The van der Waals surface area contributed by atoms with E-state index in [1.165, 1.54) is 0 Å². The molecule has 1 aliphatic carbocycles. The first-order valence-corrected chi connectivity index (χ1v) is 12.0. The summed E-state index contributed by atoms with van der Waals surface area (Å²) < 4.78 is 51.4. The Bertz CT molecular complexity index is 649. The second kappa shape index (κ2) is 9.98. The number of hydrogen-bond acceptors (Lipinski definition) is 11. The van der Waals surface area contributed by atoms with E-state index in [1.807, 2.05) is 0 Å². The van der Waals surface area contributed by atoms with Crippen molar-refractivity contribution in [1.29, 1.82) is 0 Å². The summed E-state index contributed by atoms with van der Waals surface area (Å²) in [5.74, 6) is 0. The first-order valence-electron chi connectivity index (χ1n) is 7.46. The van der Waals surface area contributed by atoms with Crippen molar-refractivity contribution >= 4 is 23.5 Å². The van der Waals surface area contributed by atoms with Crippen LogP contribution in [0.5, 0.6) is 0 Å². The van der Waals surface area contributed by atoms with Crippen LogP contribution >= 0.6 is 23.5 Å². The van der Waals surface area contributed by atoms with Crippen molar-refractivity contribution < 1.29 is 71.6 Å². The minimum absolute atomic E-state index is 0.0903. The number of phosphoric ester groups is 3. The van der Waals surface area contributed by atoms with Crippen LogP contribution in [-0.4, -0.2) is 89.6 Å². The van der Waals surface area contributed by atoms with E-state index in [-0.39, 0.29) is 19.6 Å². The molecule has 2 unspecified atom stereocenters. The largest absolute Gasteiger partial charge is 0.472 e. The molecular weight excluding hydrogens is 455 g/mol. The van der Waals surface area contributed by atoms with Crippen molar-refractivity contribution in [3.05, 3.63) is 0 Å². The van der Waals surface area contributed by atoms with E-state index in [2.05, 4.69) is 18.1 Å². The monoisotopic (exact) mass is 477 g/mol. The van der Waals surface area contributed by atoms with Crippen LogP contribution in [0.2, 0.25) is 0 Å². The van der Waals surface area contributed by atoms with Gasteiger partial charge in [0.2, 0.25) is 0 Å². The van der Waals surface area contributed by atoms with Gasteiger partial charge in [-0.3, -0.25) is 18.1 Å². The minimum atomic E-state index is -5.44. The molecule has 0 heterocycles. The van der Waals surface area contributed by atoms with Crippen LogP contribution in [0, 0.1) is 0 Å². The van der Waals surface area contributed by atoms with Crippen molar-refractivity contribution in [1.82, 2.24) is 0 Å². The molecule has 0 bridgehead atoms. The fourth-order valence-corrected chi connectivity index (χ4v) is 4.40. The van der Waals surface area contributed by atoms with Crippen LogP contribution in [0.15, 0.2) is 0 Å². The molecule has 0 spiro atoms. The van der Waals surface area contributed by atoms with Crippen molar-refractivity contribution in [3.63, 3.8) is 0 Å². The third kappa shape index (κ3) is 8.13. The third-order valence-corrected chi connectivity index (χ3v) is 5.45. The van der Waals surface area contributed by atoms with Crippen molar-refractivity contribution in [2.75, 3.05) is 13.2 Å². The summed E-state index contributed by atoms with van der Waals surface area (Å²) >= 11 is 0. The normalized spacial score (nSPS) is 34.2. The van der Waals surface area contributed by atoms with Crippen LogP contribution in [0.25, 0.3) is 0 Å². The Morgan fingerprint density at radius 3 is 1.57 bits per heavy atom. The lowest BCUT2D eigenvalue weighted by Crippen LogP contribution is -2.65. The highest BCUT2D eigenvalue weighted by atomic mass is 31.2. The van der Waals surface area contributed by atoms with Gasteiger partial charge in [-0.25, -0.2) is 13.7 Å². The van der Waals surface area contributed by atoms with Gasteiger partial charge in [-0.1, -0.05) is 0 Å². The Hall–Kier alpha value is 0.170. The molecule has 168 valence electrons. The number of aliphatic hydroxyl groups is 3. The zero-order chi connectivity index (χ0) is 21.9. The van der Waals surface area contributed by atoms with Gasteiger partial charge in [0.15, 0.2) is 0 Å². The first kappa shape index (κ1) is 26.2. The van der Waals surface area contributed by atoms with E-state index in [9.17, 15) is 33.9 Å². The van der Waals surface area contributed by atoms with Gasteiger partial charge in [-0.2, -0.15) is 0 Å². The van der Waals surface area contributed by atoms with Crippen LogP contribution < -0.4 is 5.73 Å². The average molecular weight is 477 g/mol. The third-order valence-electron chi connectivity index (χ3n) is 3.40. The molecule has 0 aromatic carbocycles. The fraction of sp³-hybridized carbons (Fsp3) is 1.00. The number of phosphoric acid groups is 3. The van der Waals surface area contributed by atoms with E-state index >= 15 is 0 Å². The summed E-state index contributed by atoms with van der Waals surface area (Å²) in [6.45, 7) is -0.273. The average Bonchev–Trinajstić information content (AvgIpc) is 2.51. The molecule has 1 rings (SSSR count). The molecular formula is C9H22NO15P3. The second-order valence-corrected chi connectivity index (χ2v) is 9.40. The molecule has 10 N–H and O–H groups in total. The fourth-order valence-electron chi connectivity index (χ4n) is 2.30. The van der Waals surface area contributed by atoms with Crippen LogP contribution in [0.1, 0.15) is 6.42 Å². The highest BCUT2D eigenvalue weighted by molar-refractivity contribution is 7.47. The van der Waals surface area contributed by atoms with Gasteiger partial charge >= 0.3 is 23.5 Å². The summed E-state index contributed by atoms with van der Waals surface area (Å²) in [4.78, 5) is 45.2. The lowest BCUT2D eigenvalue weighted by molar-refractivity contribution is -0.212. The van der Waals surface area contributed by atoms with E-state index in [0.29, 0.717) is 0 Å². The summed E-state index contributed by atoms with van der Waals surface area (Å²) in [5, 5.41) is 30.2. The molecule has 0 radical (unpaired) electrons. The number of nitrogens with two attached hydrogens (primary N) is 1. The maximum atomic E-state index is 11.9. The molecule has 0 amide bonds. The smallest absolute Gasteiger partial charge is 0.387 e. The second-order valence-electron chi connectivity index (χ2n) is 5.61. The molecule has 0 aromatic rings. The first-order chi connectivity index (χ1) is 12.6. The lowest BCUT2D eigenvalue weighted by atomic mass is 9.85. The molecule has 28 heavy (non-hydrogen) atoms.